The third-order valence-corrected chi connectivity index (χ3v) is 2.38. The summed E-state index contributed by atoms with van der Waals surface area (Å²) in [6.45, 7) is 0. The molecule has 2 nitrogen and oxygen atoms in total. The van der Waals surface area contributed by atoms with Gasteiger partial charge in [-0.3, -0.25) is 4.79 Å². The normalized spacial score (nSPS) is 12.2. The van der Waals surface area contributed by atoms with Crippen molar-refractivity contribution in [2.45, 2.75) is 12.6 Å². The minimum atomic E-state index is -4.89. The zero-order valence-electron chi connectivity index (χ0n) is 6.83. The first kappa shape index (κ1) is 12.2. The summed E-state index contributed by atoms with van der Waals surface area (Å²) in [5.74, 6) is 0. The molecule has 15 heavy (non-hydrogen) atoms. The van der Waals surface area contributed by atoms with E-state index in [1.165, 1.54) is 4.98 Å². The first-order valence-electron chi connectivity index (χ1n) is 3.51. The highest BCUT2D eigenvalue weighted by Gasteiger charge is 2.36. The van der Waals surface area contributed by atoms with Crippen LogP contribution >= 0.6 is 15.9 Å². The molecule has 0 fully saturated rings. The lowest BCUT2D eigenvalue weighted by Gasteiger charge is -2.11. The Balaban J connectivity index is 3.49. The van der Waals surface area contributed by atoms with Crippen molar-refractivity contribution in [3.8, 4) is 0 Å². The first-order valence-corrected chi connectivity index (χ1v) is 4.31. The maximum Gasteiger partial charge on any atom is 0.432 e. The van der Waals surface area contributed by atoms with Crippen molar-refractivity contribution in [2.24, 2.45) is 0 Å². The molecular formula is C7H3BrF5NO. The Labute approximate surface area is 88.2 Å². The molecule has 0 bridgehead atoms. The molecule has 0 aliphatic heterocycles. The quantitative estimate of drug-likeness (QED) is 0.793. The Bertz CT molecular complexity index is 424. The van der Waals surface area contributed by atoms with E-state index in [0.29, 0.717) is 6.07 Å². The summed E-state index contributed by atoms with van der Waals surface area (Å²) < 4.78 is 60.3. The number of hydrogen-bond donors (Lipinski definition) is 1. The highest BCUT2D eigenvalue weighted by atomic mass is 79.9. The van der Waals surface area contributed by atoms with Crippen molar-refractivity contribution in [2.75, 3.05) is 0 Å². The lowest BCUT2D eigenvalue weighted by Crippen LogP contribution is -2.18. The van der Waals surface area contributed by atoms with Crippen molar-refractivity contribution < 1.29 is 22.0 Å². The van der Waals surface area contributed by atoms with Crippen LogP contribution in [0, 0.1) is 0 Å². The molecule has 0 atom stereocenters. The van der Waals surface area contributed by atoms with Gasteiger partial charge in [-0.1, -0.05) is 0 Å². The molecule has 0 unspecified atom stereocenters. The number of rotatable bonds is 1. The molecule has 1 heterocycles. The van der Waals surface area contributed by atoms with Crippen molar-refractivity contribution >= 4 is 15.9 Å². The molecule has 0 spiro atoms. The molecule has 1 aromatic rings. The molecule has 0 amide bonds. The van der Waals surface area contributed by atoms with E-state index in [9.17, 15) is 26.7 Å². The van der Waals surface area contributed by atoms with Crippen LogP contribution in [0.2, 0.25) is 0 Å². The number of nitrogens with one attached hydrogen (secondary N) is 1. The summed E-state index contributed by atoms with van der Waals surface area (Å²) in [4.78, 5) is 12.2. The standard InChI is InChI=1S/C7H3BrF5NO/c8-4-2(6(9)10)1-3(15)14-5(4)7(11,12)13/h1,6H,(H,14,15). The maximum absolute atomic E-state index is 12.2. The molecule has 0 radical (unpaired) electrons. The van der Waals surface area contributed by atoms with Crippen LogP contribution in [-0.2, 0) is 6.18 Å². The largest absolute Gasteiger partial charge is 0.432 e. The molecule has 1 rings (SSSR count). The zero-order valence-corrected chi connectivity index (χ0v) is 8.42. The van der Waals surface area contributed by atoms with E-state index in [1.807, 2.05) is 0 Å². The third-order valence-electron chi connectivity index (χ3n) is 1.53. The van der Waals surface area contributed by atoms with Gasteiger partial charge in [0.2, 0.25) is 5.56 Å². The SMILES string of the molecule is O=c1cc(C(F)F)c(Br)c(C(F)(F)F)[nH]1. The van der Waals surface area contributed by atoms with E-state index >= 15 is 0 Å². The fourth-order valence-electron chi connectivity index (χ4n) is 0.917. The van der Waals surface area contributed by atoms with Gasteiger partial charge >= 0.3 is 6.18 Å². The molecular weight excluding hydrogens is 289 g/mol. The van der Waals surface area contributed by atoms with E-state index in [0.717, 1.165) is 0 Å². The third kappa shape index (κ3) is 2.55. The van der Waals surface area contributed by atoms with E-state index in [1.54, 1.807) is 0 Å². The van der Waals surface area contributed by atoms with Crippen molar-refractivity contribution in [3.05, 3.63) is 32.2 Å². The smallest absolute Gasteiger partial charge is 0.317 e. The lowest BCUT2D eigenvalue weighted by molar-refractivity contribution is -0.142. The van der Waals surface area contributed by atoms with Gasteiger partial charge in [0.1, 0.15) is 5.69 Å². The summed E-state index contributed by atoms with van der Waals surface area (Å²) in [6, 6.07) is 0.421. The summed E-state index contributed by atoms with van der Waals surface area (Å²) in [5, 5.41) is 0. The molecule has 0 aromatic carbocycles. The van der Waals surface area contributed by atoms with E-state index in [2.05, 4.69) is 15.9 Å². The van der Waals surface area contributed by atoms with Crippen LogP contribution in [0.15, 0.2) is 15.3 Å². The Hall–Kier alpha value is -0.920. The average molecular weight is 292 g/mol. The molecule has 84 valence electrons. The predicted molar refractivity (Wildman–Crippen MR) is 44.7 cm³/mol. The number of aromatic amines is 1. The molecule has 1 N–H and O–H groups in total. The summed E-state index contributed by atoms with van der Waals surface area (Å²) >= 11 is 2.38. The van der Waals surface area contributed by atoms with Crippen LogP contribution in [0.1, 0.15) is 17.7 Å². The fraction of sp³-hybridized carbons (Fsp3) is 0.286. The van der Waals surface area contributed by atoms with Crippen LogP contribution in [-0.4, -0.2) is 4.98 Å². The van der Waals surface area contributed by atoms with Gasteiger partial charge in [0.05, 0.1) is 4.47 Å². The lowest BCUT2D eigenvalue weighted by atomic mass is 10.2. The van der Waals surface area contributed by atoms with Crippen LogP contribution in [0.25, 0.3) is 0 Å². The minimum Gasteiger partial charge on any atom is -0.317 e. The second-order valence-corrected chi connectivity index (χ2v) is 3.37. The van der Waals surface area contributed by atoms with Gasteiger partial charge in [-0.25, -0.2) is 8.78 Å². The number of H-pyrrole nitrogens is 1. The van der Waals surface area contributed by atoms with Gasteiger partial charge < -0.3 is 4.98 Å². The molecule has 1 aromatic heterocycles. The highest BCUT2D eigenvalue weighted by molar-refractivity contribution is 9.10. The van der Waals surface area contributed by atoms with Gasteiger partial charge in [0.15, 0.2) is 0 Å². The fourth-order valence-corrected chi connectivity index (χ4v) is 1.53. The zero-order chi connectivity index (χ0) is 11.8. The van der Waals surface area contributed by atoms with Crippen molar-refractivity contribution in [3.63, 3.8) is 0 Å². The summed E-state index contributed by atoms with van der Waals surface area (Å²) in [5.41, 5.74) is -3.71. The van der Waals surface area contributed by atoms with Crippen molar-refractivity contribution in [1.29, 1.82) is 0 Å². The van der Waals surface area contributed by atoms with E-state index in [4.69, 9.17) is 0 Å². The average Bonchev–Trinajstić information content (AvgIpc) is 2.06. The molecule has 0 aliphatic rings. The van der Waals surface area contributed by atoms with Gasteiger partial charge in [-0.15, -0.1) is 0 Å². The summed E-state index contributed by atoms with van der Waals surface area (Å²) in [6.07, 6.45) is -8.04. The second-order valence-electron chi connectivity index (χ2n) is 2.58. The number of pyridine rings is 1. The first-order chi connectivity index (χ1) is 6.73. The van der Waals surface area contributed by atoms with Gasteiger partial charge in [0.25, 0.3) is 6.43 Å². The monoisotopic (exact) mass is 291 g/mol. The number of aromatic nitrogens is 1. The van der Waals surface area contributed by atoms with Crippen LogP contribution < -0.4 is 5.56 Å². The Morgan fingerprint density at radius 1 is 1.33 bits per heavy atom. The van der Waals surface area contributed by atoms with Gasteiger partial charge in [0, 0.05) is 11.6 Å². The van der Waals surface area contributed by atoms with Gasteiger partial charge in [-0.05, 0) is 15.9 Å². The second kappa shape index (κ2) is 3.92. The van der Waals surface area contributed by atoms with Crippen LogP contribution in [0.3, 0.4) is 0 Å². The number of hydrogen-bond acceptors (Lipinski definition) is 1. The number of halogens is 6. The van der Waals surface area contributed by atoms with E-state index < -0.39 is 33.9 Å². The molecule has 8 heteroatoms. The molecule has 0 saturated heterocycles. The van der Waals surface area contributed by atoms with Crippen molar-refractivity contribution in [1.82, 2.24) is 4.98 Å². The predicted octanol–water partition coefficient (Wildman–Crippen LogP) is 3.09. The Morgan fingerprint density at radius 2 is 1.87 bits per heavy atom. The Kier molecular flexibility index (Phi) is 3.17. The topological polar surface area (TPSA) is 32.9 Å². The van der Waals surface area contributed by atoms with Crippen LogP contribution in [0.5, 0.6) is 0 Å². The Morgan fingerprint density at radius 3 is 2.27 bits per heavy atom. The van der Waals surface area contributed by atoms with Gasteiger partial charge in [-0.2, -0.15) is 13.2 Å². The molecule has 0 aliphatic carbocycles. The highest BCUT2D eigenvalue weighted by Crippen LogP contribution is 2.36. The minimum absolute atomic E-state index is 0.421. The van der Waals surface area contributed by atoms with Crippen LogP contribution in [0.4, 0.5) is 22.0 Å². The molecule has 0 saturated carbocycles. The number of alkyl halides is 5. The summed E-state index contributed by atoms with van der Waals surface area (Å²) in [7, 11) is 0. The van der Waals surface area contributed by atoms with E-state index in [-0.39, 0.29) is 0 Å². The maximum atomic E-state index is 12.2.